The number of carbonyl (C=O) groups excluding carboxylic acids is 1. The van der Waals surface area contributed by atoms with E-state index in [0.29, 0.717) is 31.7 Å². The number of fused-ring (bicyclic) bond motifs is 1. The molecule has 1 aromatic carbocycles. The van der Waals surface area contributed by atoms with Crippen molar-refractivity contribution in [2.24, 2.45) is 7.05 Å². The molecule has 0 aliphatic carbocycles. The van der Waals surface area contributed by atoms with Gasteiger partial charge >= 0.3 is 0 Å². The van der Waals surface area contributed by atoms with Crippen LogP contribution < -0.4 is 15.6 Å². The van der Waals surface area contributed by atoms with Crippen molar-refractivity contribution in [1.82, 2.24) is 14.8 Å². The van der Waals surface area contributed by atoms with Gasteiger partial charge in [0.05, 0.1) is 25.3 Å². The van der Waals surface area contributed by atoms with Crippen LogP contribution in [0.2, 0.25) is 0 Å². The number of aromatic nitrogens is 1. The number of amides is 1. The number of benzene rings is 1. The first-order valence-electron chi connectivity index (χ1n) is 9.93. The van der Waals surface area contributed by atoms with E-state index in [1.165, 1.54) is 6.07 Å². The number of para-hydroxylation sites is 1. The smallest absolute Gasteiger partial charge is 0.254 e. The molecule has 2 heterocycles. The van der Waals surface area contributed by atoms with Crippen LogP contribution in [0.25, 0.3) is 10.9 Å². The maximum absolute atomic E-state index is 12.1. The second-order valence-electron chi connectivity index (χ2n) is 7.03. The number of ether oxygens (including phenoxy) is 2. The van der Waals surface area contributed by atoms with Gasteiger partial charge in [-0.05, 0) is 31.5 Å². The van der Waals surface area contributed by atoms with E-state index in [-0.39, 0.29) is 11.5 Å². The van der Waals surface area contributed by atoms with Crippen molar-refractivity contribution < 1.29 is 14.3 Å². The molecule has 152 valence electrons. The highest BCUT2D eigenvalue weighted by molar-refractivity contribution is 5.85. The van der Waals surface area contributed by atoms with Gasteiger partial charge in [0.25, 0.3) is 5.56 Å². The highest BCUT2D eigenvalue weighted by Crippen LogP contribution is 2.23. The van der Waals surface area contributed by atoms with Gasteiger partial charge in [0, 0.05) is 44.6 Å². The number of hydrogen-bond acceptors (Lipinski definition) is 5. The van der Waals surface area contributed by atoms with E-state index in [2.05, 4.69) is 10.2 Å². The molecular formula is C21H29N3O4. The average Bonchev–Trinajstić information content (AvgIpc) is 2.73. The fourth-order valence-corrected chi connectivity index (χ4v) is 3.36. The zero-order valence-corrected chi connectivity index (χ0v) is 16.5. The molecule has 1 amide bonds. The maximum Gasteiger partial charge on any atom is 0.254 e. The summed E-state index contributed by atoms with van der Waals surface area (Å²) in [6.45, 7) is 5.63. The van der Waals surface area contributed by atoms with Crippen LogP contribution in [0.1, 0.15) is 19.3 Å². The molecule has 0 bridgehead atoms. The van der Waals surface area contributed by atoms with Gasteiger partial charge in [-0.25, -0.2) is 0 Å². The van der Waals surface area contributed by atoms with Gasteiger partial charge in [-0.15, -0.1) is 0 Å². The Morgan fingerprint density at radius 3 is 2.82 bits per heavy atom. The van der Waals surface area contributed by atoms with Crippen molar-refractivity contribution in [2.45, 2.75) is 19.3 Å². The minimum absolute atomic E-state index is 0.0411. The van der Waals surface area contributed by atoms with Crippen LogP contribution in [0.3, 0.4) is 0 Å². The van der Waals surface area contributed by atoms with Crippen molar-refractivity contribution >= 4 is 16.8 Å². The monoisotopic (exact) mass is 387 g/mol. The summed E-state index contributed by atoms with van der Waals surface area (Å²) in [5.41, 5.74) is 0.731. The fourth-order valence-electron chi connectivity index (χ4n) is 3.36. The van der Waals surface area contributed by atoms with Crippen LogP contribution in [0.15, 0.2) is 35.1 Å². The molecule has 3 rings (SSSR count). The molecule has 0 radical (unpaired) electrons. The molecule has 1 fully saturated rings. The average molecular weight is 387 g/mol. The molecule has 7 nitrogen and oxygen atoms in total. The van der Waals surface area contributed by atoms with E-state index >= 15 is 0 Å². The van der Waals surface area contributed by atoms with Crippen LogP contribution in [0.4, 0.5) is 0 Å². The number of rotatable bonds is 9. The lowest BCUT2D eigenvalue weighted by Gasteiger charge is -2.26. The molecular weight excluding hydrogens is 358 g/mol. The summed E-state index contributed by atoms with van der Waals surface area (Å²) in [6.07, 6.45) is 1.97. The topological polar surface area (TPSA) is 72.8 Å². The first kappa shape index (κ1) is 20.4. The third-order valence-corrected chi connectivity index (χ3v) is 5.00. The van der Waals surface area contributed by atoms with Crippen molar-refractivity contribution in [2.75, 3.05) is 46.0 Å². The van der Waals surface area contributed by atoms with Crippen LogP contribution in [0.5, 0.6) is 5.75 Å². The standard InChI is InChI=1S/C21H29N3O4/c1-23-18-7-3-2-6-17(18)19(16-21(23)26)28-13-4-8-20(25)22-9-5-10-24-11-14-27-15-12-24/h2-3,6-7,16H,4-5,8-15H2,1H3,(H,22,25). The first-order valence-corrected chi connectivity index (χ1v) is 9.93. The second kappa shape index (κ2) is 10.2. The Labute approximate surface area is 165 Å². The van der Waals surface area contributed by atoms with Crippen molar-refractivity contribution in [3.63, 3.8) is 0 Å². The van der Waals surface area contributed by atoms with Crippen LogP contribution in [-0.2, 0) is 16.6 Å². The molecule has 1 aliphatic heterocycles. The van der Waals surface area contributed by atoms with Crippen LogP contribution in [-0.4, -0.2) is 61.4 Å². The molecule has 28 heavy (non-hydrogen) atoms. The lowest BCUT2D eigenvalue weighted by molar-refractivity contribution is -0.121. The Balaban J connectivity index is 1.36. The molecule has 1 aliphatic rings. The predicted molar refractivity (Wildman–Crippen MR) is 109 cm³/mol. The van der Waals surface area contributed by atoms with E-state index in [0.717, 1.165) is 50.2 Å². The normalized spacial score (nSPS) is 14.9. The predicted octanol–water partition coefficient (Wildman–Crippen LogP) is 1.54. The summed E-state index contributed by atoms with van der Waals surface area (Å²) in [7, 11) is 1.75. The Morgan fingerprint density at radius 2 is 2.00 bits per heavy atom. The number of carbonyl (C=O) groups is 1. The second-order valence-corrected chi connectivity index (χ2v) is 7.03. The quantitative estimate of drug-likeness (QED) is 0.661. The number of nitrogens with one attached hydrogen (secondary N) is 1. The summed E-state index contributed by atoms with van der Waals surface area (Å²) in [5, 5.41) is 3.86. The zero-order chi connectivity index (χ0) is 19.8. The van der Waals surface area contributed by atoms with Crippen molar-refractivity contribution in [1.29, 1.82) is 0 Å². The fraction of sp³-hybridized carbons (Fsp3) is 0.524. The van der Waals surface area contributed by atoms with Gasteiger partial charge < -0.3 is 19.4 Å². The SMILES string of the molecule is Cn1c(=O)cc(OCCCC(=O)NCCCN2CCOCC2)c2ccccc21. The van der Waals surface area contributed by atoms with E-state index in [1.54, 1.807) is 11.6 Å². The molecule has 7 heteroatoms. The van der Waals surface area contributed by atoms with Crippen molar-refractivity contribution in [3.8, 4) is 5.75 Å². The molecule has 1 saturated heterocycles. The highest BCUT2D eigenvalue weighted by Gasteiger charge is 2.10. The van der Waals surface area contributed by atoms with E-state index < -0.39 is 0 Å². The number of nitrogens with zero attached hydrogens (tertiary/aromatic N) is 2. The zero-order valence-electron chi connectivity index (χ0n) is 16.5. The van der Waals surface area contributed by atoms with Crippen LogP contribution >= 0.6 is 0 Å². The Hall–Kier alpha value is -2.38. The number of morpholine rings is 1. The maximum atomic E-state index is 12.1. The molecule has 2 aromatic rings. The van der Waals surface area contributed by atoms with E-state index in [4.69, 9.17) is 9.47 Å². The van der Waals surface area contributed by atoms with E-state index in [1.807, 2.05) is 24.3 Å². The number of pyridine rings is 1. The van der Waals surface area contributed by atoms with Gasteiger partial charge in [-0.3, -0.25) is 14.5 Å². The molecule has 0 spiro atoms. The lowest BCUT2D eigenvalue weighted by Crippen LogP contribution is -2.38. The van der Waals surface area contributed by atoms with Gasteiger partial charge in [-0.2, -0.15) is 0 Å². The summed E-state index contributed by atoms with van der Waals surface area (Å²) in [4.78, 5) is 26.4. The number of aryl methyl sites for hydroxylation is 1. The minimum atomic E-state index is -0.105. The third kappa shape index (κ3) is 5.56. The van der Waals surface area contributed by atoms with Gasteiger partial charge in [0.15, 0.2) is 0 Å². The Kier molecular flexibility index (Phi) is 7.45. The number of hydrogen-bond donors (Lipinski definition) is 1. The van der Waals surface area contributed by atoms with Crippen molar-refractivity contribution in [3.05, 3.63) is 40.7 Å². The molecule has 0 unspecified atom stereocenters. The first-order chi connectivity index (χ1) is 13.6. The Bertz CT molecular complexity index is 843. The minimum Gasteiger partial charge on any atom is -0.493 e. The van der Waals surface area contributed by atoms with Gasteiger partial charge in [0.2, 0.25) is 5.91 Å². The third-order valence-electron chi connectivity index (χ3n) is 5.00. The molecule has 0 atom stereocenters. The van der Waals surface area contributed by atoms with Gasteiger partial charge in [0.1, 0.15) is 5.75 Å². The molecule has 1 N–H and O–H groups in total. The lowest BCUT2D eigenvalue weighted by atomic mass is 10.2. The van der Waals surface area contributed by atoms with Crippen LogP contribution in [0, 0.1) is 0 Å². The molecule has 1 aromatic heterocycles. The summed E-state index contributed by atoms with van der Waals surface area (Å²) in [6, 6.07) is 9.16. The van der Waals surface area contributed by atoms with E-state index in [9.17, 15) is 9.59 Å². The summed E-state index contributed by atoms with van der Waals surface area (Å²) in [5.74, 6) is 0.615. The largest absolute Gasteiger partial charge is 0.493 e. The highest BCUT2D eigenvalue weighted by atomic mass is 16.5. The summed E-state index contributed by atoms with van der Waals surface area (Å²) < 4.78 is 12.7. The van der Waals surface area contributed by atoms with Gasteiger partial charge in [-0.1, -0.05) is 12.1 Å². The Morgan fingerprint density at radius 1 is 1.21 bits per heavy atom. The molecule has 0 saturated carbocycles. The summed E-state index contributed by atoms with van der Waals surface area (Å²) >= 11 is 0.